The topological polar surface area (TPSA) is 65.5 Å². The van der Waals surface area contributed by atoms with Crippen molar-refractivity contribution >= 4 is 17.5 Å². The second kappa shape index (κ2) is 11.0. The van der Waals surface area contributed by atoms with Crippen molar-refractivity contribution in [2.75, 3.05) is 27.2 Å². The van der Waals surface area contributed by atoms with E-state index in [1.165, 1.54) is 6.07 Å². The minimum Gasteiger partial charge on any atom is -1.00 e. The van der Waals surface area contributed by atoms with Gasteiger partial charge >= 0.3 is 5.88 Å². The Hall–Kier alpha value is -1.57. The first-order valence-electron chi connectivity index (χ1n) is 9.57. The first kappa shape index (κ1) is 25.5. The van der Waals surface area contributed by atoms with Crippen LogP contribution in [0.3, 0.4) is 0 Å². The zero-order valence-corrected chi connectivity index (χ0v) is 20.0. The predicted molar refractivity (Wildman–Crippen MR) is 111 cm³/mol. The minimum atomic E-state index is -0.509. The Morgan fingerprint density at radius 1 is 1.24 bits per heavy atom. The number of nitro groups is 1. The van der Waals surface area contributed by atoms with Crippen LogP contribution in [0.2, 0.25) is 5.02 Å². The molecule has 0 atom stereocenters. The van der Waals surface area contributed by atoms with Gasteiger partial charge in [-0.3, -0.25) is 10.1 Å². The molecule has 29 heavy (non-hydrogen) atoms. The van der Waals surface area contributed by atoms with Crippen LogP contribution < -0.4 is 21.7 Å². The SMILES string of the molecule is Cc1cc(OCCCC[N+](C)(C)Cc2ccc([N+](=O)[O-])o2)c(C(C)C)cc1Cl.[Br-]. The van der Waals surface area contributed by atoms with Crippen LogP contribution in [-0.4, -0.2) is 36.7 Å². The maximum absolute atomic E-state index is 10.7. The second-order valence-corrected chi connectivity index (χ2v) is 8.57. The Kier molecular flexibility index (Phi) is 9.65. The van der Waals surface area contributed by atoms with Gasteiger partial charge in [-0.25, -0.2) is 0 Å². The number of benzene rings is 1. The van der Waals surface area contributed by atoms with Gasteiger partial charge < -0.3 is 30.6 Å². The van der Waals surface area contributed by atoms with Gasteiger partial charge in [0.25, 0.3) is 0 Å². The van der Waals surface area contributed by atoms with Crippen molar-refractivity contribution in [3.8, 4) is 5.75 Å². The number of furan rings is 1. The van der Waals surface area contributed by atoms with E-state index in [0.29, 0.717) is 29.3 Å². The summed E-state index contributed by atoms with van der Waals surface area (Å²) in [6, 6.07) is 7.10. The molecule has 2 aromatic rings. The molecule has 0 radical (unpaired) electrons. The summed E-state index contributed by atoms with van der Waals surface area (Å²) in [5.41, 5.74) is 2.15. The lowest BCUT2D eigenvalue weighted by Gasteiger charge is -2.28. The van der Waals surface area contributed by atoms with Gasteiger partial charge in [0.2, 0.25) is 0 Å². The summed E-state index contributed by atoms with van der Waals surface area (Å²) in [7, 11) is 4.18. The molecule has 0 aliphatic heterocycles. The van der Waals surface area contributed by atoms with Gasteiger partial charge in [0.05, 0.1) is 33.3 Å². The Labute approximate surface area is 188 Å². The molecule has 0 unspecified atom stereocenters. The first-order chi connectivity index (χ1) is 13.1. The van der Waals surface area contributed by atoms with Crippen LogP contribution in [0.1, 0.15) is 49.5 Å². The summed E-state index contributed by atoms with van der Waals surface area (Å²) in [4.78, 5) is 10.2. The van der Waals surface area contributed by atoms with Crippen LogP contribution >= 0.6 is 11.6 Å². The van der Waals surface area contributed by atoms with Gasteiger partial charge in [-0.2, -0.15) is 0 Å². The van der Waals surface area contributed by atoms with E-state index in [1.807, 2.05) is 19.1 Å². The molecule has 6 nitrogen and oxygen atoms in total. The molecule has 0 fully saturated rings. The summed E-state index contributed by atoms with van der Waals surface area (Å²) in [6.45, 7) is 8.43. The van der Waals surface area contributed by atoms with E-state index in [0.717, 1.165) is 41.3 Å². The molecule has 0 spiro atoms. The number of hydrogen-bond donors (Lipinski definition) is 0. The third kappa shape index (κ3) is 7.64. The highest BCUT2D eigenvalue weighted by Crippen LogP contribution is 2.32. The average molecular weight is 490 g/mol. The summed E-state index contributed by atoms with van der Waals surface area (Å²) in [5.74, 6) is 1.68. The van der Waals surface area contributed by atoms with Crippen molar-refractivity contribution in [2.45, 2.75) is 46.1 Å². The number of ether oxygens (including phenoxy) is 1. The molecule has 0 amide bonds. The molecule has 0 aliphatic rings. The van der Waals surface area contributed by atoms with Crippen molar-refractivity contribution in [3.63, 3.8) is 0 Å². The largest absolute Gasteiger partial charge is 1.00 e. The number of rotatable bonds is 10. The second-order valence-electron chi connectivity index (χ2n) is 8.16. The average Bonchev–Trinajstić information content (AvgIpc) is 3.05. The fraction of sp³-hybridized carbons (Fsp3) is 0.524. The van der Waals surface area contributed by atoms with Crippen molar-refractivity contribution in [1.29, 1.82) is 0 Å². The molecule has 0 bridgehead atoms. The van der Waals surface area contributed by atoms with Crippen molar-refractivity contribution in [2.24, 2.45) is 0 Å². The third-order valence-electron chi connectivity index (χ3n) is 4.74. The molecule has 162 valence electrons. The lowest BCUT2D eigenvalue weighted by atomic mass is 10.0. The van der Waals surface area contributed by atoms with Gasteiger partial charge in [0.15, 0.2) is 5.76 Å². The Morgan fingerprint density at radius 2 is 1.93 bits per heavy atom. The number of aryl methyl sites for hydroxylation is 1. The molecule has 0 saturated carbocycles. The van der Waals surface area contributed by atoms with Crippen molar-refractivity contribution < 1.29 is 35.5 Å². The van der Waals surface area contributed by atoms with E-state index >= 15 is 0 Å². The standard InChI is InChI=1S/C21H30ClN2O4.BrH/c1-15(2)18-13-19(22)16(3)12-20(18)27-11-7-6-10-24(4,5)14-17-8-9-21(28-17)23(25)26;/h8-9,12-13,15H,6-7,10-11,14H2,1-5H3;1H/q+1;/p-1. The molecule has 0 aliphatic carbocycles. The van der Waals surface area contributed by atoms with E-state index in [1.54, 1.807) is 6.07 Å². The highest BCUT2D eigenvalue weighted by molar-refractivity contribution is 6.31. The van der Waals surface area contributed by atoms with E-state index in [4.69, 9.17) is 20.8 Å². The molecular formula is C21H30BrClN2O4. The van der Waals surface area contributed by atoms with Crippen LogP contribution in [0.25, 0.3) is 0 Å². The number of hydrogen-bond acceptors (Lipinski definition) is 4. The highest BCUT2D eigenvalue weighted by atomic mass is 79.9. The molecular weight excluding hydrogens is 460 g/mol. The van der Waals surface area contributed by atoms with E-state index in [-0.39, 0.29) is 22.9 Å². The van der Waals surface area contributed by atoms with Gasteiger partial charge in [0, 0.05) is 5.02 Å². The van der Waals surface area contributed by atoms with Crippen molar-refractivity contribution in [1.82, 2.24) is 0 Å². The molecule has 0 saturated heterocycles. The number of quaternary nitrogens is 1. The fourth-order valence-corrected chi connectivity index (χ4v) is 3.29. The summed E-state index contributed by atoms with van der Waals surface area (Å²) in [5, 5.41) is 11.5. The van der Waals surface area contributed by atoms with Crippen LogP contribution in [0, 0.1) is 17.0 Å². The molecule has 2 rings (SSSR count). The lowest BCUT2D eigenvalue weighted by Crippen LogP contribution is -3.00. The first-order valence-corrected chi connectivity index (χ1v) is 9.95. The zero-order chi connectivity index (χ0) is 20.9. The van der Waals surface area contributed by atoms with Gasteiger partial charge in [-0.05, 0) is 55.0 Å². The Morgan fingerprint density at radius 3 is 2.52 bits per heavy atom. The third-order valence-corrected chi connectivity index (χ3v) is 5.15. The van der Waals surface area contributed by atoms with Crippen LogP contribution in [-0.2, 0) is 6.54 Å². The Bertz CT molecular complexity index is 821. The van der Waals surface area contributed by atoms with Gasteiger partial charge in [-0.15, -0.1) is 0 Å². The highest BCUT2D eigenvalue weighted by Gasteiger charge is 2.20. The zero-order valence-electron chi connectivity index (χ0n) is 17.7. The molecule has 1 aromatic heterocycles. The number of halogens is 2. The van der Waals surface area contributed by atoms with Gasteiger partial charge in [0.1, 0.15) is 17.2 Å². The monoisotopic (exact) mass is 488 g/mol. The van der Waals surface area contributed by atoms with E-state index in [9.17, 15) is 10.1 Å². The van der Waals surface area contributed by atoms with E-state index in [2.05, 4.69) is 27.9 Å². The van der Waals surface area contributed by atoms with Crippen LogP contribution in [0.15, 0.2) is 28.7 Å². The Balaban J connectivity index is 0.00000420. The fourth-order valence-electron chi connectivity index (χ4n) is 3.12. The lowest BCUT2D eigenvalue weighted by molar-refractivity contribution is -0.904. The number of unbranched alkanes of at least 4 members (excludes halogenated alkanes) is 1. The summed E-state index contributed by atoms with van der Waals surface area (Å²) < 4.78 is 12.0. The maximum Gasteiger partial charge on any atom is 0.433 e. The van der Waals surface area contributed by atoms with Gasteiger partial charge in [-0.1, -0.05) is 25.4 Å². The molecule has 0 N–H and O–H groups in total. The predicted octanol–water partition coefficient (Wildman–Crippen LogP) is 2.71. The minimum absolute atomic E-state index is 0. The molecule has 1 heterocycles. The molecule has 1 aromatic carbocycles. The smallest absolute Gasteiger partial charge is 0.433 e. The van der Waals surface area contributed by atoms with E-state index < -0.39 is 4.92 Å². The quantitative estimate of drug-likeness (QED) is 0.223. The van der Waals surface area contributed by atoms with Crippen LogP contribution in [0.5, 0.6) is 5.75 Å². The molecule has 8 heteroatoms. The normalized spacial score (nSPS) is 11.4. The van der Waals surface area contributed by atoms with Crippen molar-refractivity contribution in [3.05, 3.63) is 56.3 Å². The summed E-state index contributed by atoms with van der Waals surface area (Å²) >= 11 is 6.25. The number of nitrogens with zero attached hydrogens (tertiary/aromatic N) is 2. The maximum atomic E-state index is 10.7. The summed E-state index contributed by atoms with van der Waals surface area (Å²) in [6.07, 6.45) is 1.92. The van der Waals surface area contributed by atoms with Crippen LogP contribution in [0.4, 0.5) is 5.88 Å².